The lowest BCUT2D eigenvalue weighted by molar-refractivity contribution is -0.132. The van der Waals surface area contributed by atoms with Gasteiger partial charge in [-0.05, 0) is 12.8 Å². The minimum atomic E-state index is 0.160. The van der Waals surface area contributed by atoms with Crippen LogP contribution in [0, 0.1) is 0 Å². The normalized spacial score (nSPS) is 17.9. The van der Waals surface area contributed by atoms with Gasteiger partial charge in [-0.1, -0.05) is 19.3 Å². The first kappa shape index (κ1) is 11.1. The summed E-state index contributed by atoms with van der Waals surface area (Å²) in [4.78, 5) is 17.8. The molecule has 1 aromatic rings. The summed E-state index contributed by atoms with van der Waals surface area (Å²) < 4.78 is 1.58. The van der Waals surface area contributed by atoms with Gasteiger partial charge in [-0.2, -0.15) is 5.10 Å². The molecule has 1 aliphatic rings. The zero-order chi connectivity index (χ0) is 11.2. The molecule has 88 valence electrons. The van der Waals surface area contributed by atoms with E-state index in [4.69, 9.17) is 0 Å². The van der Waals surface area contributed by atoms with E-state index in [2.05, 4.69) is 10.1 Å². The van der Waals surface area contributed by atoms with Crippen molar-refractivity contribution in [1.82, 2.24) is 19.7 Å². The summed E-state index contributed by atoms with van der Waals surface area (Å²) in [6.45, 7) is 2.11. The fourth-order valence-electron chi connectivity index (χ4n) is 2.05. The zero-order valence-corrected chi connectivity index (χ0v) is 9.51. The molecule has 0 atom stereocenters. The zero-order valence-electron chi connectivity index (χ0n) is 9.51. The highest BCUT2D eigenvalue weighted by atomic mass is 16.2. The number of nitrogens with zero attached hydrogens (tertiary/aromatic N) is 4. The van der Waals surface area contributed by atoms with E-state index in [9.17, 15) is 4.79 Å². The molecule has 1 saturated heterocycles. The number of hydrogen-bond donors (Lipinski definition) is 0. The van der Waals surface area contributed by atoms with E-state index in [1.165, 1.54) is 25.6 Å². The highest BCUT2D eigenvalue weighted by Gasteiger charge is 2.15. The van der Waals surface area contributed by atoms with E-state index in [1.807, 2.05) is 4.90 Å². The molecule has 0 radical (unpaired) electrons. The van der Waals surface area contributed by atoms with Gasteiger partial charge in [0, 0.05) is 13.1 Å². The Morgan fingerprint density at radius 1 is 1.12 bits per heavy atom. The van der Waals surface area contributed by atoms with Crippen molar-refractivity contribution in [3.63, 3.8) is 0 Å². The molecule has 2 rings (SSSR count). The van der Waals surface area contributed by atoms with Gasteiger partial charge >= 0.3 is 0 Å². The monoisotopic (exact) mass is 222 g/mol. The Morgan fingerprint density at radius 3 is 2.44 bits per heavy atom. The molecule has 0 spiro atoms. The van der Waals surface area contributed by atoms with Crippen LogP contribution in [0.2, 0.25) is 0 Å². The lowest BCUT2D eigenvalue weighted by Gasteiger charge is -2.24. The van der Waals surface area contributed by atoms with Crippen LogP contribution in [0.5, 0.6) is 0 Å². The first-order valence-electron chi connectivity index (χ1n) is 5.96. The van der Waals surface area contributed by atoms with Gasteiger partial charge in [-0.15, -0.1) is 0 Å². The SMILES string of the molecule is O=C(Cn1cncn1)N1CCCCCCC1. The maximum Gasteiger partial charge on any atom is 0.244 e. The smallest absolute Gasteiger partial charge is 0.244 e. The first-order valence-corrected chi connectivity index (χ1v) is 5.96. The van der Waals surface area contributed by atoms with Crippen molar-refractivity contribution < 1.29 is 4.79 Å². The molecule has 1 aromatic heterocycles. The lowest BCUT2D eigenvalue weighted by atomic mass is 10.1. The van der Waals surface area contributed by atoms with E-state index in [0.717, 1.165) is 25.9 Å². The summed E-state index contributed by atoms with van der Waals surface area (Å²) >= 11 is 0. The van der Waals surface area contributed by atoms with E-state index in [0.29, 0.717) is 6.54 Å². The molecule has 2 heterocycles. The van der Waals surface area contributed by atoms with Gasteiger partial charge in [0.1, 0.15) is 19.2 Å². The molecule has 5 nitrogen and oxygen atoms in total. The van der Waals surface area contributed by atoms with Gasteiger partial charge in [-0.3, -0.25) is 4.79 Å². The van der Waals surface area contributed by atoms with Crippen molar-refractivity contribution in [2.45, 2.75) is 38.6 Å². The van der Waals surface area contributed by atoms with Crippen LogP contribution in [0.3, 0.4) is 0 Å². The highest BCUT2D eigenvalue weighted by Crippen LogP contribution is 2.10. The van der Waals surface area contributed by atoms with Gasteiger partial charge in [-0.25, -0.2) is 9.67 Å². The number of amides is 1. The summed E-state index contributed by atoms with van der Waals surface area (Å²) in [5, 5.41) is 3.95. The van der Waals surface area contributed by atoms with Crippen LogP contribution in [0.4, 0.5) is 0 Å². The minimum absolute atomic E-state index is 0.160. The predicted octanol–water partition coefficient (Wildman–Crippen LogP) is 1.07. The van der Waals surface area contributed by atoms with Crippen LogP contribution in [0.25, 0.3) is 0 Å². The van der Waals surface area contributed by atoms with Crippen LogP contribution >= 0.6 is 0 Å². The molecule has 0 aliphatic carbocycles. The van der Waals surface area contributed by atoms with E-state index >= 15 is 0 Å². The molecule has 0 saturated carbocycles. The third-order valence-corrected chi connectivity index (χ3v) is 2.97. The average molecular weight is 222 g/mol. The van der Waals surface area contributed by atoms with Crippen molar-refractivity contribution in [3.05, 3.63) is 12.7 Å². The molecule has 1 aliphatic heterocycles. The number of rotatable bonds is 2. The first-order chi connectivity index (χ1) is 7.86. The highest BCUT2D eigenvalue weighted by molar-refractivity contribution is 5.75. The summed E-state index contributed by atoms with van der Waals surface area (Å²) in [6.07, 6.45) is 9.10. The van der Waals surface area contributed by atoms with Crippen molar-refractivity contribution in [1.29, 1.82) is 0 Å². The summed E-state index contributed by atoms with van der Waals surface area (Å²) in [5.74, 6) is 0.160. The molecule has 5 heteroatoms. The molecule has 0 bridgehead atoms. The van der Waals surface area contributed by atoms with E-state index in [1.54, 1.807) is 11.0 Å². The second-order valence-electron chi connectivity index (χ2n) is 4.24. The number of aromatic nitrogens is 3. The molecule has 0 unspecified atom stereocenters. The number of hydrogen-bond acceptors (Lipinski definition) is 3. The molecule has 0 N–H and O–H groups in total. The third kappa shape index (κ3) is 3.05. The standard InChI is InChI=1S/C11H18N4O/c16-11(8-15-10-12-9-13-15)14-6-4-2-1-3-5-7-14/h9-10H,1-8H2. The molecular formula is C11H18N4O. The molecule has 1 fully saturated rings. The summed E-state index contributed by atoms with van der Waals surface area (Å²) in [7, 11) is 0. The second kappa shape index (κ2) is 5.63. The Bertz CT molecular complexity index is 315. The number of likely N-dealkylation sites (tertiary alicyclic amines) is 1. The van der Waals surface area contributed by atoms with Crippen LogP contribution in [0.15, 0.2) is 12.7 Å². The molecule has 0 aromatic carbocycles. The van der Waals surface area contributed by atoms with Crippen LogP contribution in [-0.4, -0.2) is 38.7 Å². The Labute approximate surface area is 95.5 Å². The fraction of sp³-hybridized carbons (Fsp3) is 0.727. The average Bonchev–Trinajstić information content (AvgIpc) is 2.69. The van der Waals surface area contributed by atoms with Crippen LogP contribution in [0.1, 0.15) is 32.1 Å². The quantitative estimate of drug-likeness (QED) is 0.752. The lowest BCUT2D eigenvalue weighted by Crippen LogP contribution is -2.36. The van der Waals surface area contributed by atoms with Crippen LogP contribution in [-0.2, 0) is 11.3 Å². The van der Waals surface area contributed by atoms with Crippen molar-refractivity contribution in [2.24, 2.45) is 0 Å². The number of carbonyl (C=O) groups is 1. The Hall–Kier alpha value is -1.39. The van der Waals surface area contributed by atoms with Crippen LogP contribution < -0.4 is 0 Å². The van der Waals surface area contributed by atoms with Crippen molar-refractivity contribution >= 4 is 5.91 Å². The third-order valence-electron chi connectivity index (χ3n) is 2.97. The predicted molar refractivity (Wildman–Crippen MR) is 59.7 cm³/mol. The van der Waals surface area contributed by atoms with Crippen molar-refractivity contribution in [3.8, 4) is 0 Å². The second-order valence-corrected chi connectivity index (χ2v) is 4.24. The number of carbonyl (C=O) groups excluding carboxylic acids is 1. The van der Waals surface area contributed by atoms with Gasteiger partial charge < -0.3 is 4.90 Å². The fourth-order valence-corrected chi connectivity index (χ4v) is 2.05. The van der Waals surface area contributed by atoms with Gasteiger partial charge in [0.2, 0.25) is 5.91 Å². The van der Waals surface area contributed by atoms with Gasteiger partial charge in [0.15, 0.2) is 0 Å². The van der Waals surface area contributed by atoms with E-state index < -0.39 is 0 Å². The topological polar surface area (TPSA) is 51.0 Å². The molecule has 16 heavy (non-hydrogen) atoms. The Balaban J connectivity index is 1.87. The maximum atomic E-state index is 12.0. The van der Waals surface area contributed by atoms with Gasteiger partial charge in [0.25, 0.3) is 0 Å². The molecule has 1 amide bonds. The summed E-state index contributed by atoms with van der Waals surface area (Å²) in [5.41, 5.74) is 0. The van der Waals surface area contributed by atoms with Gasteiger partial charge in [0.05, 0.1) is 0 Å². The van der Waals surface area contributed by atoms with E-state index in [-0.39, 0.29) is 5.91 Å². The Kier molecular flexibility index (Phi) is 3.91. The minimum Gasteiger partial charge on any atom is -0.341 e. The van der Waals surface area contributed by atoms with Crippen molar-refractivity contribution in [2.75, 3.05) is 13.1 Å². The largest absolute Gasteiger partial charge is 0.341 e. The summed E-state index contributed by atoms with van der Waals surface area (Å²) in [6, 6.07) is 0. The maximum absolute atomic E-state index is 12.0. The molecular weight excluding hydrogens is 204 g/mol. The Morgan fingerprint density at radius 2 is 1.81 bits per heavy atom.